The first-order valence-electron chi connectivity index (χ1n) is 5.91. The van der Waals surface area contributed by atoms with Crippen molar-refractivity contribution in [2.24, 2.45) is 5.10 Å². The van der Waals surface area contributed by atoms with E-state index in [4.69, 9.17) is 0 Å². The summed E-state index contributed by atoms with van der Waals surface area (Å²) in [7, 11) is 0. The second-order valence-corrected chi connectivity index (χ2v) is 5.92. The highest BCUT2D eigenvalue weighted by Crippen LogP contribution is 2.29. The Morgan fingerprint density at radius 1 is 1.33 bits per heavy atom. The van der Waals surface area contributed by atoms with Crippen LogP contribution in [0.15, 0.2) is 44.5 Å². The van der Waals surface area contributed by atoms with Crippen LogP contribution in [0, 0.1) is 6.92 Å². The van der Waals surface area contributed by atoms with Gasteiger partial charge in [0.05, 0.1) is 16.3 Å². The number of aryl methyl sites for hydroxylation is 1. The molecule has 0 atom stereocenters. The Balaban J connectivity index is 2.07. The molecule has 0 aliphatic heterocycles. The number of nitrogens with zero attached hydrogens (tertiary/aromatic N) is 2. The standard InChI is InChI=1S/C14H11Br2N3O2/c1-8-2-3-9(6-17-8)14(21)19-18-7-10-4-13(20)12(16)5-11(10)15/h2-7,20H,1H3,(H,19,21)/b18-7+. The Morgan fingerprint density at radius 3 is 2.76 bits per heavy atom. The molecule has 108 valence electrons. The van der Waals surface area contributed by atoms with E-state index in [1.54, 1.807) is 18.2 Å². The molecule has 7 heteroatoms. The fourth-order valence-electron chi connectivity index (χ4n) is 1.48. The molecule has 0 aliphatic carbocycles. The van der Waals surface area contributed by atoms with Gasteiger partial charge in [-0.3, -0.25) is 9.78 Å². The minimum Gasteiger partial charge on any atom is -0.507 e. The topological polar surface area (TPSA) is 74.6 Å². The molecule has 0 spiro atoms. The van der Waals surface area contributed by atoms with Crippen LogP contribution in [-0.2, 0) is 0 Å². The van der Waals surface area contributed by atoms with Crippen LogP contribution in [0.4, 0.5) is 0 Å². The predicted octanol–water partition coefficient (Wildman–Crippen LogP) is 3.38. The average molecular weight is 413 g/mol. The molecule has 0 aliphatic rings. The van der Waals surface area contributed by atoms with Crippen LogP contribution >= 0.6 is 31.9 Å². The number of hydrogen-bond acceptors (Lipinski definition) is 4. The van der Waals surface area contributed by atoms with Gasteiger partial charge in [0.2, 0.25) is 0 Å². The first-order valence-corrected chi connectivity index (χ1v) is 7.50. The summed E-state index contributed by atoms with van der Waals surface area (Å²) < 4.78 is 1.31. The monoisotopic (exact) mass is 411 g/mol. The van der Waals surface area contributed by atoms with E-state index in [1.807, 2.05) is 6.92 Å². The maximum Gasteiger partial charge on any atom is 0.272 e. The van der Waals surface area contributed by atoms with Crippen LogP contribution in [-0.4, -0.2) is 22.2 Å². The van der Waals surface area contributed by atoms with Crippen molar-refractivity contribution in [3.63, 3.8) is 0 Å². The van der Waals surface area contributed by atoms with Crippen molar-refractivity contribution >= 4 is 44.0 Å². The fraction of sp³-hybridized carbons (Fsp3) is 0.0714. The fourth-order valence-corrected chi connectivity index (χ4v) is 2.58. The van der Waals surface area contributed by atoms with Crippen molar-refractivity contribution in [2.75, 3.05) is 0 Å². The SMILES string of the molecule is Cc1ccc(C(=O)N/N=C/c2cc(O)c(Br)cc2Br)cn1. The number of hydrogen-bond donors (Lipinski definition) is 2. The number of aromatic nitrogens is 1. The molecule has 1 heterocycles. The molecule has 2 N–H and O–H groups in total. The average Bonchev–Trinajstić information content (AvgIpc) is 2.45. The van der Waals surface area contributed by atoms with Crippen molar-refractivity contribution in [1.82, 2.24) is 10.4 Å². The number of pyridine rings is 1. The largest absolute Gasteiger partial charge is 0.507 e. The van der Waals surface area contributed by atoms with Gasteiger partial charge in [-0.1, -0.05) is 15.9 Å². The molecule has 1 aromatic heterocycles. The Morgan fingerprint density at radius 2 is 2.10 bits per heavy atom. The second kappa shape index (κ2) is 6.82. The quantitative estimate of drug-likeness (QED) is 0.599. The summed E-state index contributed by atoms with van der Waals surface area (Å²) in [5, 5.41) is 13.5. The summed E-state index contributed by atoms with van der Waals surface area (Å²) in [4.78, 5) is 15.9. The maximum atomic E-state index is 11.8. The zero-order valence-corrected chi connectivity index (χ0v) is 14.1. The molecule has 2 rings (SSSR count). The zero-order valence-electron chi connectivity index (χ0n) is 11.0. The number of nitrogens with one attached hydrogen (secondary N) is 1. The highest BCUT2D eigenvalue weighted by atomic mass is 79.9. The Bertz CT molecular complexity index is 700. The molecule has 2 aromatic rings. The number of rotatable bonds is 3. The van der Waals surface area contributed by atoms with Gasteiger partial charge in [-0.25, -0.2) is 5.43 Å². The van der Waals surface area contributed by atoms with Crippen LogP contribution in [0.5, 0.6) is 5.75 Å². The number of halogens is 2. The van der Waals surface area contributed by atoms with E-state index in [-0.39, 0.29) is 11.7 Å². The molecule has 0 bridgehead atoms. The van der Waals surface area contributed by atoms with Gasteiger partial charge in [-0.2, -0.15) is 5.10 Å². The highest BCUT2D eigenvalue weighted by Gasteiger charge is 2.06. The van der Waals surface area contributed by atoms with Crippen molar-refractivity contribution in [2.45, 2.75) is 6.92 Å². The number of phenolic OH excluding ortho intramolecular Hbond substituents is 1. The van der Waals surface area contributed by atoms with Gasteiger partial charge in [0, 0.05) is 21.9 Å². The number of aromatic hydroxyl groups is 1. The summed E-state index contributed by atoms with van der Waals surface area (Å²) in [5.74, 6) is -0.259. The normalized spacial score (nSPS) is 10.8. The van der Waals surface area contributed by atoms with Crippen molar-refractivity contribution < 1.29 is 9.90 Å². The summed E-state index contributed by atoms with van der Waals surface area (Å²) in [6.07, 6.45) is 2.93. The van der Waals surface area contributed by atoms with E-state index < -0.39 is 0 Å². The molecule has 1 aromatic carbocycles. The number of benzene rings is 1. The van der Waals surface area contributed by atoms with Gasteiger partial charge < -0.3 is 5.11 Å². The van der Waals surface area contributed by atoms with Crippen LogP contribution in [0.2, 0.25) is 0 Å². The molecule has 0 radical (unpaired) electrons. The summed E-state index contributed by atoms with van der Waals surface area (Å²) in [5.41, 5.74) is 4.31. The highest BCUT2D eigenvalue weighted by molar-refractivity contribution is 9.11. The molecular weight excluding hydrogens is 402 g/mol. The number of hydrazone groups is 1. The number of carbonyl (C=O) groups excluding carboxylic acids is 1. The van der Waals surface area contributed by atoms with Crippen LogP contribution < -0.4 is 5.43 Å². The number of phenols is 1. The third kappa shape index (κ3) is 4.12. The molecule has 1 amide bonds. The summed E-state index contributed by atoms with van der Waals surface area (Å²) >= 11 is 6.55. The molecule has 21 heavy (non-hydrogen) atoms. The van der Waals surface area contributed by atoms with Gasteiger partial charge in [-0.05, 0) is 47.1 Å². The molecule has 0 saturated carbocycles. The Hall–Kier alpha value is -1.73. The van der Waals surface area contributed by atoms with Gasteiger partial charge in [0.15, 0.2) is 0 Å². The van der Waals surface area contributed by atoms with Crippen LogP contribution in [0.3, 0.4) is 0 Å². The number of carbonyl (C=O) groups is 1. The van der Waals surface area contributed by atoms with Crippen molar-refractivity contribution in [3.8, 4) is 5.75 Å². The van der Waals surface area contributed by atoms with Crippen molar-refractivity contribution in [1.29, 1.82) is 0 Å². The van der Waals surface area contributed by atoms with Crippen LogP contribution in [0.25, 0.3) is 0 Å². The summed E-state index contributed by atoms with van der Waals surface area (Å²) in [6.45, 7) is 1.84. The Kier molecular flexibility index (Phi) is 5.08. The lowest BCUT2D eigenvalue weighted by Gasteiger charge is -2.03. The lowest BCUT2D eigenvalue weighted by molar-refractivity contribution is 0.0955. The van der Waals surface area contributed by atoms with Gasteiger partial charge in [-0.15, -0.1) is 0 Å². The first kappa shape index (κ1) is 15.7. The third-order valence-electron chi connectivity index (χ3n) is 2.61. The smallest absolute Gasteiger partial charge is 0.272 e. The van der Waals surface area contributed by atoms with E-state index >= 15 is 0 Å². The van der Waals surface area contributed by atoms with E-state index in [9.17, 15) is 9.90 Å². The second-order valence-electron chi connectivity index (χ2n) is 4.21. The van der Waals surface area contributed by atoms with Gasteiger partial charge in [0.1, 0.15) is 5.75 Å². The van der Waals surface area contributed by atoms with Crippen molar-refractivity contribution in [3.05, 3.63) is 56.2 Å². The predicted molar refractivity (Wildman–Crippen MR) is 87.5 cm³/mol. The molecule has 0 saturated heterocycles. The maximum absolute atomic E-state index is 11.8. The molecule has 0 fully saturated rings. The first-order chi connectivity index (χ1) is 9.97. The number of amides is 1. The van der Waals surface area contributed by atoms with E-state index in [2.05, 4.69) is 47.4 Å². The van der Waals surface area contributed by atoms with Gasteiger partial charge in [0.25, 0.3) is 5.91 Å². The minimum atomic E-state index is -0.351. The molecule has 0 unspecified atom stereocenters. The Labute approximate surface area is 138 Å². The molecular formula is C14H11Br2N3O2. The third-order valence-corrected chi connectivity index (χ3v) is 3.93. The lowest BCUT2D eigenvalue weighted by Crippen LogP contribution is -2.17. The lowest BCUT2D eigenvalue weighted by atomic mass is 10.2. The zero-order chi connectivity index (χ0) is 15.4. The minimum absolute atomic E-state index is 0.0914. The van der Waals surface area contributed by atoms with E-state index in [0.717, 1.165) is 10.2 Å². The summed E-state index contributed by atoms with van der Waals surface area (Å²) in [6, 6.07) is 6.65. The van der Waals surface area contributed by atoms with Gasteiger partial charge >= 0.3 is 0 Å². The van der Waals surface area contributed by atoms with E-state index in [0.29, 0.717) is 15.6 Å². The molecule has 5 nitrogen and oxygen atoms in total. The van der Waals surface area contributed by atoms with Crippen LogP contribution in [0.1, 0.15) is 21.6 Å². The van der Waals surface area contributed by atoms with E-state index in [1.165, 1.54) is 18.5 Å².